The van der Waals surface area contributed by atoms with Crippen LogP contribution in [-0.2, 0) is 0 Å². The molecule has 78 valence electrons. The van der Waals surface area contributed by atoms with E-state index >= 15 is 0 Å². The molecule has 2 aromatic heterocycles. The molecule has 6 heteroatoms. The van der Waals surface area contributed by atoms with Gasteiger partial charge in [-0.2, -0.15) is 0 Å². The van der Waals surface area contributed by atoms with Crippen molar-refractivity contribution in [2.75, 3.05) is 0 Å². The third-order valence-corrected chi connectivity index (χ3v) is 2.21. The van der Waals surface area contributed by atoms with E-state index in [9.17, 15) is 0 Å². The standard InChI is InChI=1S/C9H10ClN5/c1-6(2)15-5-7(13-14-15)8-9(10)12-4-3-11-8/h3-6H,1-2H3. The third-order valence-electron chi connectivity index (χ3n) is 1.94. The number of nitrogens with zero attached hydrogens (tertiary/aromatic N) is 5. The normalized spacial score (nSPS) is 10.9. The summed E-state index contributed by atoms with van der Waals surface area (Å²) in [6, 6.07) is 0.265. The van der Waals surface area contributed by atoms with Crippen molar-refractivity contribution in [2.45, 2.75) is 19.9 Å². The zero-order valence-electron chi connectivity index (χ0n) is 8.42. The largest absolute Gasteiger partial charge is 0.250 e. The summed E-state index contributed by atoms with van der Waals surface area (Å²) >= 11 is 5.90. The predicted molar refractivity (Wildman–Crippen MR) is 56.4 cm³/mol. The molecule has 0 aliphatic rings. The fraction of sp³-hybridized carbons (Fsp3) is 0.333. The summed E-state index contributed by atoms with van der Waals surface area (Å²) in [5.74, 6) is 0. The highest BCUT2D eigenvalue weighted by molar-refractivity contribution is 6.31. The van der Waals surface area contributed by atoms with E-state index in [1.807, 2.05) is 13.8 Å². The molecule has 0 saturated carbocycles. The molecular formula is C9H10ClN5. The van der Waals surface area contributed by atoms with Crippen molar-refractivity contribution in [3.8, 4) is 11.4 Å². The Labute approximate surface area is 92.1 Å². The van der Waals surface area contributed by atoms with Crippen molar-refractivity contribution in [3.63, 3.8) is 0 Å². The van der Waals surface area contributed by atoms with Gasteiger partial charge in [-0.05, 0) is 13.8 Å². The minimum absolute atomic E-state index is 0.265. The molecule has 0 spiro atoms. The van der Waals surface area contributed by atoms with Crippen molar-refractivity contribution in [1.29, 1.82) is 0 Å². The lowest BCUT2D eigenvalue weighted by molar-refractivity contribution is 0.514. The Bertz CT molecular complexity index is 465. The van der Waals surface area contributed by atoms with Gasteiger partial charge in [0.05, 0.1) is 6.20 Å². The van der Waals surface area contributed by atoms with Gasteiger partial charge in [-0.3, -0.25) is 0 Å². The van der Waals surface area contributed by atoms with Crippen LogP contribution in [0.2, 0.25) is 5.15 Å². The predicted octanol–water partition coefficient (Wildman–Crippen LogP) is 1.97. The van der Waals surface area contributed by atoms with Gasteiger partial charge in [0.2, 0.25) is 0 Å². The van der Waals surface area contributed by atoms with Crippen molar-refractivity contribution in [1.82, 2.24) is 25.0 Å². The molecule has 0 amide bonds. The van der Waals surface area contributed by atoms with Crippen molar-refractivity contribution >= 4 is 11.6 Å². The van der Waals surface area contributed by atoms with Gasteiger partial charge in [0.15, 0.2) is 5.15 Å². The van der Waals surface area contributed by atoms with E-state index in [4.69, 9.17) is 11.6 Å². The molecule has 2 rings (SSSR count). The minimum Gasteiger partial charge on any atom is -0.250 e. The summed E-state index contributed by atoms with van der Waals surface area (Å²) in [5, 5.41) is 8.31. The van der Waals surface area contributed by atoms with Crippen LogP contribution in [0.25, 0.3) is 11.4 Å². The molecule has 0 aromatic carbocycles. The first-order valence-electron chi connectivity index (χ1n) is 4.57. The van der Waals surface area contributed by atoms with Crippen molar-refractivity contribution in [3.05, 3.63) is 23.7 Å². The minimum atomic E-state index is 0.265. The zero-order chi connectivity index (χ0) is 10.8. The summed E-state index contributed by atoms with van der Waals surface area (Å²) in [5.41, 5.74) is 1.20. The molecular weight excluding hydrogens is 214 g/mol. The third kappa shape index (κ3) is 1.97. The van der Waals surface area contributed by atoms with Crippen LogP contribution >= 0.6 is 11.6 Å². The van der Waals surface area contributed by atoms with Crippen LogP contribution in [0, 0.1) is 0 Å². The molecule has 5 nitrogen and oxygen atoms in total. The number of hydrogen-bond donors (Lipinski definition) is 0. The molecule has 0 aliphatic carbocycles. The molecule has 15 heavy (non-hydrogen) atoms. The van der Waals surface area contributed by atoms with Crippen LogP contribution in [0.1, 0.15) is 19.9 Å². The first-order chi connectivity index (χ1) is 7.18. The van der Waals surface area contributed by atoms with E-state index in [2.05, 4.69) is 20.3 Å². The van der Waals surface area contributed by atoms with E-state index in [-0.39, 0.29) is 6.04 Å². The number of hydrogen-bond acceptors (Lipinski definition) is 4. The van der Waals surface area contributed by atoms with Gasteiger partial charge < -0.3 is 0 Å². The van der Waals surface area contributed by atoms with Gasteiger partial charge in [-0.25, -0.2) is 14.6 Å². The highest BCUT2D eigenvalue weighted by atomic mass is 35.5. The summed E-state index contributed by atoms with van der Waals surface area (Å²) in [6.45, 7) is 4.05. The Morgan fingerprint density at radius 1 is 1.27 bits per heavy atom. The molecule has 0 aliphatic heterocycles. The molecule has 0 saturated heterocycles. The smallest absolute Gasteiger partial charge is 0.157 e. The quantitative estimate of drug-likeness (QED) is 0.781. The lowest BCUT2D eigenvalue weighted by Crippen LogP contribution is -2.00. The van der Waals surface area contributed by atoms with Gasteiger partial charge in [-0.15, -0.1) is 5.10 Å². The van der Waals surface area contributed by atoms with Crippen LogP contribution < -0.4 is 0 Å². The van der Waals surface area contributed by atoms with Crippen molar-refractivity contribution in [2.24, 2.45) is 0 Å². The second-order valence-electron chi connectivity index (χ2n) is 3.37. The number of aromatic nitrogens is 5. The average molecular weight is 224 g/mol. The van der Waals surface area contributed by atoms with E-state index < -0.39 is 0 Å². The Morgan fingerprint density at radius 3 is 2.60 bits per heavy atom. The maximum Gasteiger partial charge on any atom is 0.157 e. The van der Waals surface area contributed by atoms with E-state index in [0.29, 0.717) is 16.5 Å². The van der Waals surface area contributed by atoms with Gasteiger partial charge in [-0.1, -0.05) is 16.8 Å². The molecule has 2 aromatic rings. The monoisotopic (exact) mass is 223 g/mol. The molecule has 0 bridgehead atoms. The molecule has 0 atom stereocenters. The first kappa shape index (κ1) is 10.0. The number of halogens is 1. The SMILES string of the molecule is CC(C)n1cc(-c2nccnc2Cl)nn1. The van der Waals surface area contributed by atoms with Crippen molar-refractivity contribution < 1.29 is 0 Å². The van der Waals surface area contributed by atoms with Gasteiger partial charge >= 0.3 is 0 Å². The zero-order valence-corrected chi connectivity index (χ0v) is 9.18. The fourth-order valence-electron chi connectivity index (χ4n) is 1.13. The average Bonchev–Trinajstić information content (AvgIpc) is 2.67. The van der Waals surface area contributed by atoms with Crippen LogP contribution in [-0.4, -0.2) is 25.0 Å². The van der Waals surface area contributed by atoms with Crippen LogP contribution in [0.15, 0.2) is 18.6 Å². The highest BCUT2D eigenvalue weighted by Crippen LogP contribution is 2.21. The van der Waals surface area contributed by atoms with E-state index in [1.54, 1.807) is 23.3 Å². The lowest BCUT2D eigenvalue weighted by Gasteiger charge is -2.01. The Hall–Kier alpha value is -1.49. The van der Waals surface area contributed by atoms with E-state index in [1.165, 1.54) is 0 Å². The second kappa shape index (κ2) is 3.94. The Morgan fingerprint density at radius 2 is 2.00 bits per heavy atom. The summed E-state index contributed by atoms with van der Waals surface area (Å²) in [4.78, 5) is 8.05. The molecule has 0 fully saturated rings. The summed E-state index contributed by atoms with van der Waals surface area (Å²) in [7, 11) is 0. The van der Waals surface area contributed by atoms with Crippen LogP contribution in [0.4, 0.5) is 0 Å². The first-order valence-corrected chi connectivity index (χ1v) is 4.95. The Kier molecular flexibility index (Phi) is 2.64. The van der Waals surface area contributed by atoms with Gasteiger partial charge in [0.25, 0.3) is 0 Å². The Balaban J connectivity index is 2.42. The van der Waals surface area contributed by atoms with E-state index in [0.717, 1.165) is 0 Å². The topological polar surface area (TPSA) is 56.5 Å². The number of rotatable bonds is 2. The van der Waals surface area contributed by atoms with Gasteiger partial charge in [0.1, 0.15) is 11.4 Å². The summed E-state index contributed by atoms with van der Waals surface area (Å²) < 4.78 is 1.75. The fourth-order valence-corrected chi connectivity index (χ4v) is 1.33. The van der Waals surface area contributed by atoms with Crippen LogP contribution in [0.3, 0.4) is 0 Å². The van der Waals surface area contributed by atoms with Gasteiger partial charge in [0, 0.05) is 18.4 Å². The molecule has 0 unspecified atom stereocenters. The lowest BCUT2D eigenvalue weighted by atomic mass is 10.3. The molecule has 0 radical (unpaired) electrons. The maximum absolute atomic E-state index is 5.90. The summed E-state index contributed by atoms with van der Waals surface area (Å²) in [6.07, 6.45) is 4.93. The highest BCUT2D eigenvalue weighted by Gasteiger charge is 2.10. The maximum atomic E-state index is 5.90. The molecule has 2 heterocycles. The van der Waals surface area contributed by atoms with Crippen LogP contribution in [0.5, 0.6) is 0 Å². The second-order valence-corrected chi connectivity index (χ2v) is 3.73. The molecule has 0 N–H and O–H groups in total.